The molecule has 0 saturated carbocycles. The van der Waals surface area contributed by atoms with Gasteiger partial charge in [0.2, 0.25) is 0 Å². The number of rotatable bonds is 1. The van der Waals surface area contributed by atoms with E-state index >= 15 is 0 Å². The molecule has 0 aliphatic rings. The Morgan fingerprint density at radius 1 is 0.857 bits per heavy atom. The molecule has 0 amide bonds. The highest BCUT2D eigenvalue weighted by atomic mass is 14.2. The van der Waals surface area contributed by atoms with Gasteiger partial charge in [-0.3, -0.25) is 0 Å². The second kappa shape index (κ2) is 4.33. The molecule has 0 aromatic heterocycles. The molecule has 0 fully saturated rings. The third-order valence-corrected chi connectivity index (χ3v) is 2.55. The van der Waals surface area contributed by atoms with Gasteiger partial charge in [-0.2, -0.15) is 0 Å². The summed E-state index contributed by atoms with van der Waals surface area (Å²) in [5, 5.41) is 0. The van der Waals surface area contributed by atoms with Crippen molar-refractivity contribution in [2.24, 2.45) is 10.8 Å². The quantitative estimate of drug-likeness (QED) is 0.517. The van der Waals surface area contributed by atoms with Gasteiger partial charge in [-0.1, -0.05) is 64.8 Å². The summed E-state index contributed by atoms with van der Waals surface area (Å²) in [6, 6.07) is 0. The van der Waals surface area contributed by atoms with Gasteiger partial charge < -0.3 is 0 Å². The first-order valence-electron chi connectivity index (χ1n) is 5.41. The fraction of sp³-hybridized carbons (Fsp3) is 0.714. The predicted octanol–water partition coefficient (Wildman–Crippen LogP) is 4.97. The van der Waals surface area contributed by atoms with Crippen LogP contribution in [0.1, 0.15) is 55.4 Å². The molecular weight excluding hydrogens is 168 g/mol. The minimum absolute atomic E-state index is 0.277. The second-order valence-electron chi connectivity index (χ2n) is 6.26. The van der Waals surface area contributed by atoms with Crippen LogP contribution in [0.3, 0.4) is 0 Å². The van der Waals surface area contributed by atoms with E-state index in [1.807, 2.05) is 0 Å². The van der Waals surface area contributed by atoms with Gasteiger partial charge in [-0.05, 0) is 24.7 Å². The van der Waals surface area contributed by atoms with Crippen molar-refractivity contribution in [3.8, 4) is 0 Å². The standard InChI is InChI=1S/C14H26/c1-11(9-10-13(3,4)5)12(2)14(6,7)8/h9-10H,1-8H3/b10-9?,12-11-. The third-order valence-electron chi connectivity index (χ3n) is 2.55. The third kappa shape index (κ3) is 5.26. The topological polar surface area (TPSA) is 0 Å². The highest BCUT2D eigenvalue weighted by Crippen LogP contribution is 2.28. The molecule has 0 aromatic carbocycles. The van der Waals surface area contributed by atoms with E-state index in [4.69, 9.17) is 0 Å². The van der Waals surface area contributed by atoms with Gasteiger partial charge >= 0.3 is 0 Å². The average molecular weight is 194 g/mol. The summed E-state index contributed by atoms with van der Waals surface area (Å²) >= 11 is 0. The lowest BCUT2D eigenvalue weighted by Crippen LogP contribution is -2.08. The minimum Gasteiger partial charge on any atom is -0.0789 e. The van der Waals surface area contributed by atoms with Crippen molar-refractivity contribution in [1.82, 2.24) is 0 Å². The van der Waals surface area contributed by atoms with Crippen molar-refractivity contribution >= 4 is 0 Å². The summed E-state index contributed by atoms with van der Waals surface area (Å²) in [5.41, 5.74) is 3.43. The van der Waals surface area contributed by atoms with Crippen LogP contribution in [0.2, 0.25) is 0 Å². The van der Waals surface area contributed by atoms with Gasteiger partial charge in [-0.25, -0.2) is 0 Å². The van der Waals surface area contributed by atoms with E-state index in [-0.39, 0.29) is 10.8 Å². The van der Waals surface area contributed by atoms with Crippen LogP contribution in [-0.4, -0.2) is 0 Å². The second-order valence-corrected chi connectivity index (χ2v) is 6.26. The van der Waals surface area contributed by atoms with Gasteiger partial charge in [0.15, 0.2) is 0 Å². The molecule has 0 bridgehead atoms. The summed E-state index contributed by atoms with van der Waals surface area (Å²) in [4.78, 5) is 0. The van der Waals surface area contributed by atoms with E-state index in [1.165, 1.54) is 11.1 Å². The van der Waals surface area contributed by atoms with Crippen LogP contribution in [0.4, 0.5) is 0 Å². The predicted molar refractivity (Wildman–Crippen MR) is 66.4 cm³/mol. The van der Waals surface area contributed by atoms with Crippen LogP contribution >= 0.6 is 0 Å². The van der Waals surface area contributed by atoms with Crippen LogP contribution < -0.4 is 0 Å². The Morgan fingerprint density at radius 2 is 1.29 bits per heavy atom. The Hall–Kier alpha value is -0.520. The first kappa shape index (κ1) is 13.5. The lowest BCUT2D eigenvalue weighted by Gasteiger charge is -2.22. The van der Waals surface area contributed by atoms with Gasteiger partial charge in [-0.15, -0.1) is 0 Å². The molecule has 82 valence electrons. The monoisotopic (exact) mass is 194 g/mol. The fourth-order valence-corrected chi connectivity index (χ4v) is 1.09. The number of hydrogen-bond acceptors (Lipinski definition) is 0. The number of allylic oxidation sites excluding steroid dienone is 4. The van der Waals surface area contributed by atoms with Crippen molar-refractivity contribution in [3.05, 3.63) is 23.3 Å². The van der Waals surface area contributed by atoms with Crippen LogP contribution in [0.5, 0.6) is 0 Å². The summed E-state index contributed by atoms with van der Waals surface area (Å²) in [5.74, 6) is 0. The Kier molecular flexibility index (Phi) is 4.17. The van der Waals surface area contributed by atoms with Crippen molar-refractivity contribution < 1.29 is 0 Å². The van der Waals surface area contributed by atoms with Crippen LogP contribution in [0.25, 0.3) is 0 Å². The van der Waals surface area contributed by atoms with E-state index in [1.54, 1.807) is 0 Å². The Morgan fingerprint density at radius 3 is 1.57 bits per heavy atom. The molecule has 0 heterocycles. The zero-order valence-electron chi connectivity index (χ0n) is 11.2. The van der Waals surface area contributed by atoms with E-state index in [9.17, 15) is 0 Å². The van der Waals surface area contributed by atoms with Crippen molar-refractivity contribution in [1.29, 1.82) is 0 Å². The van der Waals surface area contributed by atoms with E-state index in [0.29, 0.717) is 0 Å². The van der Waals surface area contributed by atoms with Crippen molar-refractivity contribution in [2.45, 2.75) is 55.4 Å². The Balaban J connectivity index is 4.80. The maximum Gasteiger partial charge on any atom is -0.0170 e. The van der Waals surface area contributed by atoms with Gasteiger partial charge in [0, 0.05) is 0 Å². The SMILES string of the molecule is C/C(C=CC(C)(C)C)=C(\C)C(C)(C)C. The molecule has 0 aliphatic heterocycles. The lowest BCUT2D eigenvalue weighted by molar-refractivity contribution is 0.499. The largest absolute Gasteiger partial charge is 0.0789 e. The zero-order chi connectivity index (χ0) is 11.6. The maximum atomic E-state index is 2.28. The molecule has 0 radical (unpaired) electrons. The molecule has 0 spiro atoms. The smallest absolute Gasteiger partial charge is 0.0170 e. The molecule has 0 nitrogen and oxygen atoms in total. The van der Waals surface area contributed by atoms with Gasteiger partial charge in [0.1, 0.15) is 0 Å². The Labute approximate surface area is 90.1 Å². The van der Waals surface area contributed by atoms with Crippen LogP contribution in [0.15, 0.2) is 23.3 Å². The number of hydrogen-bond donors (Lipinski definition) is 0. The molecule has 0 unspecified atom stereocenters. The minimum atomic E-state index is 0.277. The Bertz CT molecular complexity index is 238. The van der Waals surface area contributed by atoms with Crippen LogP contribution in [-0.2, 0) is 0 Å². The van der Waals surface area contributed by atoms with Gasteiger partial charge in [0.25, 0.3) is 0 Å². The van der Waals surface area contributed by atoms with E-state index in [0.717, 1.165) is 0 Å². The van der Waals surface area contributed by atoms with E-state index in [2.05, 4.69) is 67.5 Å². The highest BCUT2D eigenvalue weighted by molar-refractivity contribution is 5.26. The first-order chi connectivity index (χ1) is 6.04. The molecular formula is C14H26. The molecule has 0 aliphatic carbocycles. The molecule has 0 heteroatoms. The summed E-state index contributed by atoms with van der Waals surface area (Å²) < 4.78 is 0. The summed E-state index contributed by atoms with van der Waals surface area (Å²) in [7, 11) is 0. The molecule has 0 saturated heterocycles. The maximum absolute atomic E-state index is 2.28. The molecule has 0 aromatic rings. The highest BCUT2D eigenvalue weighted by Gasteiger charge is 2.14. The van der Waals surface area contributed by atoms with Crippen LogP contribution in [0, 0.1) is 10.8 Å². The van der Waals surface area contributed by atoms with Crippen molar-refractivity contribution in [3.63, 3.8) is 0 Å². The zero-order valence-corrected chi connectivity index (χ0v) is 11.2. The summed E-state index contributed by atoms with van der Waals surface area (Å²) in [6.07, 6.45) is 4.53. The first-order valence-corrected chi connectivity index (χ1v) is 5.41. The fourth-order valence-electron chi connectivity index (χ4n) is 1.09. The molecule has 0 N–H and O–H groups in total. The molecule has 0 atom stereocenters. The molecule has 0 rings (SSSR count). The van der Waals surface area contributed by atoms with E-state index < -0.39 is 0 Å². The molecule has 14 heavy (non-hydrogen) atoms. The van der Waals surface area contributed by atoms with Crippen molar-refractivity contribution in [2.75, 3.05) is 0 Å². The average Bonchev–Trinajstić information content (AvgIpc) is 1.95. The lowest BCUT2D eigenvalue weighted by atomic mass is 9.84. The van der Waals surface area contributed by atoms with Gasteiger partial charge in [0.05, 0.1) is 0 Å². The summed E-state index contributed by atoms with van der Waals surface area (Å²) in [6.45, 7) is 17.9. The normalized spacial score (nSPS) is 16.0.